The van der Waals surface area contributed by atoms with Crippen LogP contribution in [0.3, 0.4) is 0 Å². The maximum Gasteiger partial charge on any atom is 0.249 e. The van der Waals surface area contributed by atoms with Crippen molar-refractivity contribution in [1.29, 1.82) is 0 Å². The Morgan fingerprint density at radius 3 is 2.68 bits per heavy atom. The minimum Gasteiger partial charge on any atom is -0.380 e. The van der Waals surface area contributed by atoms with Gasteiger partial charge >= 0.3 is 0 Å². The topological polar surface area (TPSA) is 153 Å². The van der Waals surface area contributed by atoms with Crippen LogP contribution in [0.15, 0.2) is 72.1 Å². The standard InChI is InChI=1S/C25H30N10O2/c1-19-6-3-7-20(16-19)30-23-17-24(28-18-27-23)32-21-8-4-9-22(31-21)33-25(36)10-5-12-35(2)13-15-37-14-11-29-34-26/h3-10,16-18H,11-15H2,1-2H3,(H3,27,28,30,31,32,33,36). The van der Waals surface area contributed by atoms with Gasteiger partial charge in [0, 0.05) is 42.4 Å². The van der Waals surface area contributed by atoms with Gasteiger partial charge in [0.25, 0.3) is 0 Å². The van der Waals surface area contributed by atoms with Gasteiger partial charge in [-0.05, 0) is 49.3 Å². The van der Waals surface area contributed by atoms with Gasteiger partial charge in [-0.25, -0.2) is 15.0 Å². The number of anilines is 5. The number of benzene rings is 1. The quantitative estimate of drug-likeness (QED) is 0.0962. The number of carbonyl (C=O) groups excluding carboxylic acids is 1. The number of likely N-dealkylation sites (N-methyl/N-ethyl adjacent to an activating group) is 1. The molecule has 12 heteroatoms. The normalized spacial score (nSPS) is 10.8. The number of pyridine rings is 1. The van der Waals surface area contributed by atoms with Crippen LogP contribution in [0.1, 0.15) is 5.56 Å². The lowest BCUT2D eigenvalue weighted by Gasteiger charge is -2.13. The molecule has 0 radical (unpaired) electrons. The van der Waals surface area contributed by atoms with Crippen molar-refractivity contribution in [3.05, 3.63) is 83.0 Å². The number of aromatic nitrogens is 3. The van der Waals surface area contributed by atoms with E-state index >= 15 is 0 Å². The van der Waals surface area contributed by atoms with Gasteiger partial charge in [0.2, 0.25) is 5.91 Å². The molecule has 3 N–H and O–H groups in total. The summed E-state index contributed by atoms with van der Waals surface area (Å²) in [6, 6.07) is 15.1. The second kappa shape index (κ2) is 14.8. The van der Waals surface area contributed by atoms with Crippen molar-refractivity contribution in [2.75, 3.05) is 55.8 Å². The molecule has 0 saturated heterocycles. The summed E-state index contributed by atoms with van der Waals surface area (Å²) < 4.78 is 5.37. The molecule has 0 saturated carbocycles. The fourth-order valence-electron chi connectivity index (χ4n) is 3.14. The van der Waals surface area contributed by atoms with Gasteiger partial charge in [-0.2, -0.15) is 0 Å². The monoisotopic (exact) mass is 502 g/mol. The Hall–Kier alpha value is -4.51. The second-order valence-electron chi connectivity index (χ2n) is 8.04. The van der Waals surface area contributed by atoms with Crippen LogP contribution in [0.25, 0.3) is 10.4 Å². The summed E-state index contributed by atoms with van der Waals surface area (Å²) in [6.07, 6.45) is 4.69. The lowest BCUT2D eigenvalue weighted by molar-refractivity contribution is -0.111. The van der Waals surface area contributed by atoms with E-state index in [9.17, 15) is 4.79 Å². The summed E-state index contributed by atoms with van der Waals surface area (Å²) in [6.45, 7) is 4.50. The molecule has 0 fully saturated rings. The molecule has 0 bridgehead atoms. The Bertz CT molecular complexity index is 1240. The minimum atomic E-state index is -0.282. The maximum atomic E-state index is 12.3. The number of hydrogen-bond acceptors (Lipinski definition) is 9. The number of rotatable bonds is 14. The van der Waals surface area contributed by atoms with Crippen LogP contribution >= 0.6 is 0 Å². The van der Waals surface area contributed by atoms with Gasteiger partial charge in [0.1, 0.15) is 29.6 Å². The maximum absolute atomic E-state index is 12.3. The molecule has 0 aliphatic heterocycles. The molecule has 0 atom stereocenters. The Morgan fingerprint density at radius 2 is 1.86 bits per heavy atom. The van der Waals surface area contributed by atoms with Crippen molar-refractivity contribution in [3.63, 3.8) is 0 Å². The van der Waals surface area contributed by atoms with E-state index in [-0.39, 0.29) is 5.91 Å². The molecule has 0 spiro atoms. The van der Waals surface area contributed by atoms with E-state index in [0.717, 1.165) is 11.3 Å². The molecule has 2 aromatic heterocycles. The van der Waals surface area contributed by atoms with Crippen LogP contribution < -0.4 is 16.0 Å². The van der Waals surface area contributed by atoms with Crippen molar-refractivity contribution in [2.45, 2.75) is 6.92 Å². The summed E-state index contributed by atoms with van der Waals surface area (Å²) in [4.78, 5) is 29.9. The highest BCUT2D eigenvalue weighted by atomic mass is 16.5. The molecular weight excluding hydrogens is 472 g/mol. The molecule has 12 nitrogen and oxygen atoms in total. The molecule has 1 aromatic carbocycles. The van der Waals surface area contributed by atoms with Crippen molar-refractivity contribution < 1.29 is 9.53 Å². The number of hydrogen-bond donors (Lipinski definition) is 3. The van der Waals surface area contributed by atoms with Gasteiger partial charge in [-0.15, -0.1) is 0 Å². The van der Waals surface area contributed by atoms with Gasteiger partial charge in [0.15, 0.2) is 0 Å². The summed E-state index contributed by atoms with van der Waals surface area (Å²) in [5, 5.41) is 12.6. The van der Waals surface area contributed by atoms with Crippen molar-refractivity contribution in [1.82, 2.24) is 19.9 Å². The Kier molecular flexibility index (Phi) is 10.8. The van der Waals surface area contributed by atoms with E-state index in [2.05, 4.69) is 40.9 Å². The van der Waals surface area contributed by atoms with Crippen LogP contribution in [-0.4, -0.2) is 65.7 Å². The summed E-state index contributed by atoms with van der Waals surface area (Å²) in [7, 11) is 1.92. The zero-order valence-corrected chi connectivity index (χ0v) is 20.8. The third-order valence-corrected chi connectivity index (χ3v) is 4.92. The number of nitrogens with one attached hydrogen (secondary N) is 3. The average molecular weight is 503 g/mol. The van der Waals surface area contributed by atoms with Crippen LogP contribution in [0.4, 0.5) is 29.0 Å². The van der Waals surface area contributed by atoms with E-state index in [0.29, 0.717) is 56.1 Å². The highest BCUT2D eigenvalue weighted by molar-refractivity contribution is 5.98. The van der Waals surface area contributed by atoms with Gasteiger partial charge < -0.3 is 25.6 Å². The van der Waals surface area contributed by atoms with E-state index in [1.165, 1.54) is 12.4 Å². The van der Waals surface area contributed by atoms with Crippen LogP contribution in [0.5, 0.6) is 0 Å². The number of carbonyl (C=O) groups is 1. The predicted molar refractivity (Wildman–Crippen MR) is 144 cm³/mol. The lowest BCUT2D eigenvalue weighted by Crippen LogP contribution is -2.24. The van der Waals surface area contributed by atoms with Crippen molar-refractivity contribution >= 4 is 34.9 Å². The fourth-order valence-corrected chi connectivity index (χ4v) is 3.14. The first kappa shape index (κ1) is 27.1. The number of aryl methyl sites for hydroxylation is 1. The van der Waals surface area contributed by atoms with E-state index < -0.39 is 0 Å². The van der Waals surface area contributed by atoms with Crippen LogP contribution in [-0.2, 0) is 9.53 Å². The molecule has 0 aliphatic carbocycles. The largest absolute Gasteiger partial charge is 0.380 e. The number of nitrogens with zero attached hydrogens (tertiary/aromatic N) is 7. The van der Waals surface area contributed by atoms with Crippen LogP contribution in [0.2, 0.25) is 0 Å². The zero-order chi connectivity index (χ0) is 26.3. The number of amides is 1. The molecule has 192 valence electrons. The van der Waals surface area contributed by atoms with Crippen molar-refractivity contribution in [3.8, 4) is 0 Å². The first-order valence-corrected chi connectivity index (χ1v) is 11.7. The third-order valence-electron chi connectivity index (χ3n) is 4.92. The lowest BCUT2D eigenvalue weighted by atomic mass is 10.2. The molecule has 1 amide bonds. The van der Waals surface area contributed by atoms with Gasteiger partial charge in [0.05, 0.1) is 13.2 Å². The summed E-state index contributed by atoms with van der Waals surface area (Å²) in [5.41, 5.74) is 10.3. The summed E-state index contributed by atoms with van der Waals surface area (Å²) in [5.74, 6) is 1.86. The first-order valence-electron chi connectivity index (χ1n) is 11.7. The minimum absolute atomic E-state index is 0.282. The van der Waals surface area contributed by atoms with E-state index in [1.807, 2.05) is 43.1 Å². The van der Waals surface area contributed by atoms with E-state index in [1.54, 1.807) is 30.3 Å². The number of azide groups is 1. The van der Waals surface area contributed by atoms with E-state index in [4.69, 9.17) is 10.3 Å². The van der Waals surface area contributed by atoms with Gasteiger partial charge in [-0.3, -0.25) is 4.79 Å². The Balaban J connectivity index is 1.46. The molecule has 3 rings (SSSR count). The molecule has 0 unspecified atom stereocenters. The van der Waals surface area contributed by atoms with Crippen LogP contribution in [0, 0.1) is 6.92 Å². The van der Waals surface area contributed by atoms with Crippen molar-refractivity contribution in [2.24, 2.45) is 5.11 Å². The van der Waals surface area contributed by atoms with Gasteiger partial charge in [-0.1, -0.05) is 29.4 Å². The first-order chi connectivity index (χ1) is 18.0. The Labute approximate surface area is 215 Å². The summed E-state index contributed by atoms with van der Waals surface area (Å²) >= 11 is 0. The smallest absolute Gasteiger partial charge is 0.249 e. The number of ether oxygens (including phenoxy) is 1. The Morgan fingerprint density at radius 1 is 1.08 bits per heavy atom. The molecular formula is C25H30N10O2. The average Bonchev–Trinajstić information content (AvgIpc) is 2.86. The zero-order valence-electron chi connectivity index (χ0n) is 20.8. The SMILES string of the molecule is Cc1cccc(Nc2cc(Nc3cccc(NC(=O)C=CCN(C)CCOCCN=[N+]=[N-])n3)ncn2)c1. The molecule has 2 heterocycles. The molecule has 3 aromatic rings. The predicted octanol–water partition coefficient (Wildman–Crippen LogP) is 4.42. The molecule has 37 heavy (non-hydrogen) atoms. The third kappa shape index (κ3) is 10.3. The molecule has 0 aliphatic rings. The highest BCUT2D eigenvalue weighted by Crippen LogP contribution is 2.20. The fraction of sp³-hybridized carbons (Fsp3) is 0.280. The highest BCUT2D eigenvalue weighted by Gasteiger charge is 2.05. The second-order valence-corrected chi connectivity index (χ2v) is 8.04.